The lowest BCUT2D eigenvalue weighted by Crippen LogP contribution is -2.09. The van der Waals surface area contributed by atoms with Crippen molar-refractivity contribution < 1.29 is 0 Å². The lowest BCUT2D eigenvalue weighted by atomic mass is 10.1. The molecule has 0 saturated heterocycles. The predicted molar refractivity (Wildman–Crippen MR) is 57.4 cm³/mol. The molecule has 1 atom stereocenters. The maximum atomic E-state index is 4.42. The van der Waals surface area contributed by atoms with Gasteiger partial charge in [-0.1, -0.05) is 13.8 Å². The quantitative estimate of drug-likeness (QED) is 0.810. The van der Waals surface area contributed by atoms with E-state index in [0.29, 0.717) is 12.0 Å². The fourth-order valence-corrected chi connectivity index (χ4v) is 1.75. The number of aromatic nitrogens is 2. The minimum atomic E-state index is 0.428. The van der Waals surface area contributed by atoms with Crippen LogP contribution in [0.5, 0.6) is 0 Å². The van der Waals surface area contributed by atoms with Crippen LogP contribution in [-0.4, -0.2) is 15.4 Å². The molecule has 0 spiro atoms. The van der Waals surface area contributed by atoms with E-state index in [2.05, 4.69) is 42.4 Å². The number of nitrogens with one attached hydrogen (secondary N) is 1. The zero-order chi connectivity index (χ0) is 9.84. The number of rotatable bonds is 4. The molecule has 13 heavy (non-hydrogen) atoms. The van der Waals surface area contributed by atoms with Gasteiger partial charge in [0.15, 0.2) is 0 Å². The van der Waals surface area contributed by atoms with Gasteiger partial charge in [0.05, 0.1) is 0 Å². The highest BCUT2D eigenvalue weighted by Gasteiger charge is 2.10. The normalized spacial score (nSPS) is 13.3. The molecule has 0 aliphatic heterocycles. The molecule has 0 saturated carbocycles. The second-order valence-corrected chi connectivity index (χ2v) is 4.32. The molecule has 0 amide bonds. The first-order valence-corrected chi connectivity index (χ1v) is 5.51. The van der Waals surface area contributed by atoms with Crippen LogP contribution in [0.15, 0.2) is 0 Å². The summed E-state index contributed by atoms with van der Waals surface area (Å²) in [5.74, 6) is 1.44. The molecule has 4 heteroatoms. The van der Waals surface area contributed by atoms with Crippen molar-refractivity contribution in [2.24, 2.45) is 0 Å². The summed E-state index contributed by atoms with van der Waals surface area (Å²) < 4.78 is 4.31. The standard InChI is InChI=1S/C9H17N3S/c1-5-7(4)8-11-9(13-12-8)10-6(2)3/h6-7H,5H2,1-4H3,(H,10,11,12). The highest BCUT2D eigenvalue weighted by atomic mass is 32.1. The third-order valence-corrected chi connectivity index (χ3v) is 2.57. The Kier molecular flexibility index (Phi) is 3.66. The Balaban J connectivity index is 2.63. The third-order valence-electron chi connectivity index (χ3n) is 1.91. The van der Waals surface area contributed by atoms with Crippen molar-refractivity contribution in [2.45, 2.75) is 46.1 Å². The van der Waals surface area contributed by atoms with Crippen molar-refractivity contribution in [2.75, 3.05) is 5.32 Å². The molecule has 0 radical (unpaired) electrons. The van der Waals surface area contributed by atoms with Crippen LogP contribution in [0.25, 0.3) is 0 Å². The van der Waals surface area contributed by atoms with Crippen molar-refractivity contribution in [3.05, 3.63) is 5.82 Å². The van der Waals surface area contributed by atoms with Crippen LogP contribution < -0.4 is 5.32 Å². The van der Waals surface area contributed by atoms with E-state index in [0.717, 1.165) is 17.4 Å². The van der Waals surface area contributed by atoms with Crippen LogP contribution >= 0.6 is 11.5 Å². The monoisotopic (exact) mass is 199 g/mol. The number of anilines is 1. The summed E-state index contributed by atoms with van der Waals surface area (Å²) in [5, 5.41) is 4.18. The Bertz CT molecular complexity index is 257. The van der Waals surface area contributed by atoms with Gasteiger partial charge >= 0.3 is 0 Å². The third kappa shape index (κ3) is 2.95. The summed E-state index contributed by atoms with van der Waals surface area (Å²) >= 11 is 1.45. The summed E-state index contributed by atoms with van der Waals surface area (Å²) in [6.07, 6.45) is 1.10. The summed E-state index contributed by atoms with van der Waals surface area (Å²) in [6, 6.07) is 0.428. The lowest BCUT2D eigenvalue weighted by Gasteiger charge is -2.04. The van der Waals surface area contributed by atoms with Gasteiger partial charge in [-0.2, -0.15) is 4.37 Å². The molecule has 3 nitrogen and oxygen atoms in total. The maximum Gasteiger partial charge on any atom is 0.202 e. The molecule has 74 valence electrons. The van der Waals surface area contributed by atoms with Gasteiger partial charge in [-0.15, -0.1) is 0 Å². The van der Waals surface area contributed by atoms with Crippen molar-refractivity contribution in [1.29, 1.82) is 0 Å². The van der Waals surface area contributed by atoms with Gasteiger partial charge in [-0.25, -0.2) is 4.98 Å². The molecule has 1 rings (SSSR count). The molecule has 1 heterocycles. The van der Waals surface area contributed by atoms with Crippen LogP contribution in [0.4, 0.5) is 5.13 Å². The Morgan fingerprint density at radius 3 is 2.62 bits per heavy atom. The van der Waals surface area contributed by atoms with E-state index in [-0.39, 0.29) is 0 Å². The van der Waals surface area contributed by atoms with Crippen LogP contribution in [0.1, 0.15) is 45.9 Å². The molecule has 1 aromatic rings. The summed E-state index contributed by atoms with van der Waals surface area (Å²) in [4.78, 5) is 4.42. The minimum absolute atomic E-state index is 0.428. The van der Waals surface area contributed by atoms with E-state index >= 15 is 0 Å². The molecule has 1 aromatic heterocycles. The molecule has 0 aromatic carbocycles. The van der Waals surface area contributed by atoms with Crippen LogP contribution in [0.2, 0.25) is 0 Å². The van der Waals surface area contributed by atoms with Crippen molar-refractivity contribution in [1.82, 2.24) is 9.36 Å². The summed E-state index contributed by atoms with van der Waals surface area (Å²) in [7, 11) is 0. The molecular formula is C9H17N3S. The number of hydrogen-bond donors (Lipinski definition) is 1. The Morgan fingerprint density at radius 1 is 1.38 bits per heavy atom. The largest absolute Gasteiger partial charge is 0.358 e. The second kappa shape index (κ2) is 4.56. The Hall–Kier alpha value is -0.640. The Morgan fingerprint density at radius 2 is 2.08 bits per heavy atom. The van der Waals surface area contributed by atoms with Crippen LogP contribution in [-0.2, 0) is 0 Å². The fourth-order valence-electron chi connectivity index (χ4n) is 0.923. The van der Waals surface area contributed by atoms with Gasteiger partial charge in [0.2, 0.25) is 5.13 Å². The first-order valence-electron chi connectivity index (χ1n) is 4.73. The first kappa shape index (κ1) is 10.4. The molecule has 0 bridgehead atoms. The highest BCUT2D eigenvalue weighted by Crippen LogP contribution is 2.20. The van der Waals surface area contributed by atoms with E-state index < -0.39 is 0 Å². The average molecular weight is 199 g/mol. The molecule has 0 aliphatic carbocycles. The zero-order valence-corrected chi connectivity index (χ0v) is 9.48. The summed E-state index contributed by atoms with van der Waals surface area (Å²) in [6.45, 7) is 8.51. The highest BCUT2D eigenvalue weighted by molar-refractivity contribution is 7.09. The van der Waals surface area contributed by atoms with E-state index in [4.69, 9.17) is 0 Å². The zero-order valence-electron chi connectivity index (χ0n) is 8.66. The van der Waals surface area contributed by atoms with Gasteiger partial charge in [0, 0.05) is 23.5 Å². The Labute approximate surface area is 83.8 Å². The van der Waals surface area contributed by atoms with Gasteiger partial charge in [-0.3, -0.25) is 0 Å². The molecule has 0 aliphatic rings. The van der Waals surface area contributed by atoms with E-state index in [9.17, 15) is 0 Å². The molecule has 0 fully saturated rings. The number of hydrogen-bond acceptors (Lipinski definition) is 4. The van der Waals surface area contributed by atoms with Gasteiger partial charge in [-0.05, 0) is 20.3 Å². The fraction of sp³-hybridized carbons (Fsp3) is 0.778. The van der Waals surface area contributed by atoms with Gasteiger partial charge < -0.3 is 5.32 Å². The molecule has 1 unspecified atom stereocenters. The maximum absolute atomic E-state index is 4.42. The predicted octanol–water partition coefficient (Wildman–Crippen LogP) is 2.87. The van der Waals surface area contributed by atoms with Crippen molar-refractivity contribution in [3.63, 3.8) is 0 Å². The minimum Gasteiger partial charge on any atom is -0.358 e. The molecular weight excluding hydrogens is 182 g/mol. The van der Waals surface area contributed by atoms with Gasteiger partial charge in [0.25, 0.3) is 0 Å². The molecule has 1 N–H and O–H groups in total. The van der Waals surface area contributed by atoms with Crippen molar-refractivity contribution >= 4 is 16.7 Å². The van der Waals surface area contributed by atoms with E-state index in [1.54, 1.807) is 0 Å². The smallest absolute Gasteiger partial charge is 0.202 e. The van der Waals surface area contributed by atoms with Gasteiger partial charge in [0.1, 0.15) is 5.82 Å². The first-order chi connectivity index (χ1) is 6.13. The topological polar surface area (TPSA) is 37.8 Å². The number of nitrogens with zero attached hydrogens (tertiary/aromatic N) is 2. The lowest BCUT2D eigenvalue weighted by molar-refractivity contribution is 0.692. The van der Waals surface area contributed by atoms with E-state index in [1.807, 2.05) is 0 Å². The summed E-state index contributed by atoms with van der Waals surface area (Å²) in [5.41, 5.74) is 0. The van der Waals surface area contributed by atoms with Crippen LogP contribution in [0, 0.1) is 0 Å². The SMILES string of the molecule is CCC(C)c1nsc(NC(C)C)n1. The van der Waals surface area contributed by atoms with Crippen LogP contribution in [0.3, 0.4) is 0 Å². The average Bonchev–Trinajstić information content (AvgIpc) is 2.50. The second-order valence-electron chi connectivity index (χ2n) is 3.57. The van der Waals surface area contributed by atoms with Crippen molar-refractivity contribution in [3.8, 4) is 0 Å². The van der Waals surface area contributed by atoms with E-state index in [1.165, 1.54) is 11.5 Å².